The first-order valence-corrected chi connectivity index (χ1v) is 8.35. The van der Waals surface area contributed by atoms with Gasteiger partial charge >= 0.3 is 5.97 Å². The Kier molecular flexibility index (Phi) is 7.19. The van der Waals surface area contributed by atoms with Crippen LogP contribution in [0.5, 0.6) is 0 Å². The van der Waals surface area contributed by atoms with Gasteiger partial charge in [0.25, 0.3) is 5.91 Å². The van der Waals surface area contributed by atoms with Crippen LogP contribution >= 0.6 is 0 Å². The van der Waals surface area contributed by atoms with Crippen molar-refractivity contribution in [3.8, 4) is 0 Å². The van der Waals surface area contributed by atoms with Crippen molar-refractivity contribution in [2.45, 2.75) is 26.7 Å². The number of anilines is 1. The molecular formula is C18H19F2N3O5. The number of amides is 2. The van der Waals surface area contributed by atoms with Gasteiger partial charge < -0.3 is 19.9 Å². The number of aromatic nitrogens is 1. The molecule has 2 N–H and O–H groups in total. The maximum absolute atomic E-state index is 13.1. The van der Waals surface area contributed by atoms with E-state index in [1.807, 2.05) is 0 Å². The zero-order valence-electron chi connectivity index (χ0n) is 15.3. The second-order valence-corrected chi connectivity index (χ2v) is 5.92. The van der Waals surface area contributed by atoms with Crippen LogP contribution in [-0.4, -0.2) is 36.1 Å². The Balaban J connectivity index is 1.67. The average Bonchev–Trinajstić information content (AvgIpc) is 2.97. The first-order valence-electron chi connectivity index (χ1n) is 8.35. The highest BCUT2D eigenvalue weighted by atomic mass is 19.2. The molecule has 0 bridgehead atoms. The van der Waals surface area contributed by atoms with E-state index < -0.39 is 42.6 Å². The van der Waals surface area contributed by atoms with E-state index >= 15 is 0 Å². The largest absolute Gasteiger partial charge is 0.456 e. The van der Waals surface area contributed by atoms with Gasteiger partial charge in [-0.05, 0) is 32.4 Å². The third-order valence-electron chi connectivity index (χ3n) is 3.77. The molecule has 1 aromatic carbocycles. The summed E-state index contributed by atoms with van der Waals surface area (Å²) in [6.07, 6.45) is 0.422. The average molecular weight is 395 g/mol. The molecule has 1 aromatic heterocycles. The van der Waals surface area contributed by atoms with Crippen LogP contribution in [0.15, 0.2) is 22.7 Å². The van der Waals surface area contributed by atoms with Crippen molar-refractivity contribution in [2.24, 2.45) is 0 Å². The summed E-state index contributed by atoms with van der Waals surface area (Å²) in [7, 11) is 0. The van der Waals surface area contributed by atoms with E-state index in [0.29, 0.717) is 17.9 Å². The lowest BCUT2D eigenvalue weighted by Gasteiger charge is -2.08. The molecule has 0 aliphatic heterocycles. The molecule has 0 fully saturated rings. The molecule has 0 aliphatic rings. The maximum Gasteiger partial charge on any atom is 0.306 e. The summed E-state index contributed by atoms with van der Waals surface area (Å²) in [5, 5.41) is 8.32. The molecule has 150 valence electrons. The summed E-state index contributed by atoms with van der Waals surface area (Å²) in [5.74, 6) is -3.43. The Morgan fingerprint density at radius 2 is 1.89 bits per heavy atom. The number of benzene rings is 1. The zero-order valence-corrected chi connectivity index (χ0v) is 15.3. The van der Waals surface area contributed by atoms with E-state index in [2.05, 4.69) is 15.8 Å². The number of aryl methyl sites for hydroxylation is 2. The van der Waals surface area contributed by atoms with E-state index in [9.17, 15) is 23.2 Å². The third-order valence-corrected chi connectivity index (χ3v) is 3.77. The van der Waals surface area contributed by atoms with Crippen molar-refractivity contribution < 1.29 is 32.4 Å². The number of ether oxygens (including phenoxy) is 1. The van der Waals surface area contributed by atoms with Crippen LogP contribution in [0.4, 0.5) is 14.5 Å². The molecule has 10 heteroatoms. The molecule has 0 unspecified atom stereocenters. The molecule has 0 aliphatic carbocycles. The SMILES string of the molecule is Cc1noc(C)c1CCC(=O)OCC(=O)NCC(=O)Nc1ccc(F)c(F)c1. The molecule has 0 saturated carbocycles. The number of nitrogens with one attached hydrogen (secondary N) is 2. The Morgan fingerprint density at radius 3 is 2.54 bits per heavy atom. The molecule has 28 heavy (non-hydrogen) atoms. The van der Waals surface area contributed by atoms with Crippen molar-refractivity contribution in [1.29, 1.82) is 0 Å². The van der Waals surface area contributed by atoms with Crippen LogP contribution < -0.4 is 10.6 Å². The van der Waals surface area contributed by atoms with Crippen molar-refractivity contribution in [3.05, 3.63) is 46.9 Å². The second-order valence-electron chi connectivity index (χ2n) is 5.92. The third kappa shape index (κ3) is 6.15. The van der Waals surface area contributed by atoms with Crippen LogP contribution in [0.3, 0.4) is 0 Å². The Morgan fingerprint density at radius 1 is 1.14 bits per heavy atom. The summed E-state index contributed by atoms with van der Waals surface area (Å²) < 4.78 is 35.7. The summed E-state index contributed by atoms with van der Waals surface area (Å²) in [4.78, 5) is 35.0. The smallest absolute Gasteiger partial charge is 0.306 e. The molecule has 0 radical (unpaired) electrons. The molecule has 2 rings (SSSR count). The highest BCUT2D eigenvalue weighted by Crippen LogP contribution is 2.14. The van der Waals surface area contributed by atoms with Gasteiger partial charge in [0.2, 0.25) is 5.91 Å². The van der Waals surface area contributed by atoms with E-state index in [0.717, 1.165) is 17.7 Å². The minimum Gasteiger partial charge on any atom is -0.456 e. The molecule has 0 spiro atoms. The van der Waals surface area contributed by atoms with Crippen LogP contribution in [0, 0.1) is 25.5 Å². The normalized spacial score (nSPS) is 10.4. The van der Waals surface area contributed by atoms with Crippen molar-refractivity contribution >= 4 is 23.5 Å². The number of hydrogen-bond acceptors (Lipinski definition) is 6. The molecular weight excluding hydrogens is 376 g/mol. The number of halogens is 2. The molecule has 0 atom stereocenters. The van der Waals surface area contributed by atoms with Gasteiger partial charge in [0.1, 0.15) is 5.76 Å². The standard InChI is InChI=1S/C18H19F2N3O5/c1-10-13(11(2)28-23-10)4-6-18(26)27-9-17(25)21-8-16(24)22-12-3-5-14(19)15(20)7-12/h3,5,7H,4,6,8-9H2,1-2H3,(H,21,25)(H,22,24). The van der Waals surface area contributed by atoms with Gasteiger partial charge in [0.05, 0.1) is 12.2 Å². The van der Waals surface area contributed by atoms with E-state index in [1.54, 1.807) is 13.8 Å². The van der Waals surface area contributed by atoms with Gasteiger partial charge in [-0.15, -0.1) is 0 Å². The lowest BCUT2D eigenvalue weighted by molar-refractivity contribution is -0.148. The fourth-order valence-electron chi connectivity index (χ4n) is 2.31. The summed E-state index contributed by atoms with van der Waals surface area (Å²) in [6.45, 7) is 2.53. The van der Waals surface area contributed by atoms with Gasteiger partial charge in [-0.1, -0.05) is 5.16 Å². The molecule has 8 nitrogen and oxygen atoms in total. The molecule has 0 saturated heterocycles. The summed E-state index contributed by atoms with van der Waals surface area (Å²) in [6, 6.07) is 2.86. The van der Waals surface area contributed by atoms with Gasteiger partial charge in [0, 0.05) is 23.7 Å². The number of hydrogen-bond donors (Lipinski definition) is 2. The highest BCUT2D eigenvalue weighted by molar-refractivity contribution is 5.94. The van der Waals surface area contributed by atoms with Crippen molar-refractivity contribution in [1.82, 2.24) is 10.5 Å². The maximum atomic E-state index is 13.1. The predicted octanol–water partition coefficient (Wildman–Crippen LogP) is 1.80. The predicted molar refractivity (Wildman–Crippen MR) is 93.3 cm³/mol. The quantitative estimate of drug-likeness (QED) is 0.660. The van der Waals surface area contributed by atoms with Crippen molar-refractivity contribution in [2.75, 3.05) is 18.5 Å². The van der Waals surface area contributed by atoms with Crippen LogP contribution in [0.25, 0.3) is 0 Å². The van der Waals surface area contributed by atoms with E-state index in [4.69, 9.17) is 9.26 Å². The number of nitrogens with zero attached hydrogens (tertiary/aromatic N) is 1. The Hall–Kier alpha value is -3.30. The minimum atomic E-state index is -1.11. The minimum absolute atomic E-state index is 0.0453. The van der Waals surface area contributed by atoms with Gasteiger partial charge in [-0.2, -0.15) is 0 Å². The van der Waals surface area contributed by atoms with E-state index in [-0.39, 0.29) is 12.1 Å². The first kappa shape index (κ1) is 21.0. The van der Waals surface area contributed by atoms with Gasteiger partial charge in [-0.25, -0.2) is 8.78 Å². The summed E-state index contributed by atoms with van der Waals surface area (Å²) >= 11 is 0. The number of esters is 1. The van der Waals surface area contributed by atoms with Gasteiger partial charge in [-0.3, -0.25) is 14.4 Å². The first-order chi connectivity index (χ1) is 13.3. The fraction of sp³-hybridized carbons (Fsp3) is 0.333. The van der Waals surface area contributed by atoms with E-state index in [1.165, 1.54) is 6.07 Å². The topological polar surface area (TPSA) is 111 Å². The zero-order chi connectivity index (χ0) is 20.7. The van der Waals surface area contributed by atoms with Crippen LogP contribution in [0.1, 0.15) is 23.4 Å². The molecule has 2 amide bonds. The highest BCUT2D eigenvalue weighted by Gasteiger charge is 2.14. The monoisotopic (exact) mass is 395 g/mol. The lowest BCUT2D eigenvalue weighted by Crippen LogP contribution is -2.35. The number of carbonyl (C=O) groups is 3. The summed E-state index contributed by atoms with van der Waals surface area (Å²) in [5.41, 5.74) is 1.55. The Bertz CT molecular complexity index is 863. The molecule has 2 aromatic rings. The van der Waals surface area contributed by atoms with Crippen LogP contribution in [-0.2, 0) is 25.5 Å². The van der Waals surface area contributed by atoms with Gasteiger partial charge in [0.15, 0.2) is 18.2 Å². The Labute approximate surface area is 159 Å². The second kappa shape index (κ2) is 9.58. The van der Waals surface area contributed by atoms with Crippen molar-refractivity contribution in [3.63, 3.8) is 0 Å². The number of carbonyl (C=O) groups excluding carboxylic acids is 3. The molecule has 1 heterocycles. The lowest BCUT2D eigenvalue weighted by atomic mass is 10.1. The fourth-order valence-corrected chi connectivity index (χ4v) is 2.31. The number of rotatable bonds is 8. The van der Waals surface area contributed by atoms with Crippen LogP contribution in [0.2, 0.25) is 0 Å².